The smallest absolute Gasteiger partial charge is 0.255 e. The summed E-state index contributed by atoms with van der Waals surface area (Å²) < 4.78 is 37.2. The van der Waals surface area contributed by atoms with Gasteiger partial charge in [0.25, 0.3) is 5.91 Å². The quantitative estimate of drug-likeness (QED) is 0.221. The molecule has 0 fully saturated rings. The SMILES string of the molecule is COc1cncc(/C(N)=C/N(N)c2cc(C(=O)Nc3cc(C(C)(C)C)cc(NS(C)(=O)=O)c3OC)ccc2C)c1. The topological polar surface area (TPSA) is 162 Å². The van der Waals surface area contributed by atoms with E-state index in [9.17, 15) is 13.2 Å². The van der Waals surface area contributed by atoms with Crippen LogP contribution in [0.2, 0.25) is 0 Å². The number of pyridine rings is 1. The highest BCUT2D eigenvalue weighted by atomic mass is 32.2. The van der Waals surface area contributed by atoms with Crippen LogP contribution in [0.4, 0.5) is 17.1 Å². The molecule has 0 saturated carbocycles. The lowest BCUT2D eigenvalue weighted by atomic mass is 9.86. The second-order valence-corrected chi connectivity index (χ2v) is 12.0. The van der Waals surface area contributed by atoms with Crippen molar-refractivity contribution in [3.8, 4) is 11.5 Å². The highest BCUT2D eigenvalue weighted by molar-refractivity contribution is 7.92. The number of carbonyl (C=O) groups is 1. The monoisotopic (exact) mass is 568 g/mol. The van der Waals surface area contributed by atoms with E-state index in [0.29, 0.717) is 33.9 Å². The summed E-state index contributed by atoms with van der Waals surface area (Å²) in [7, 11) is -0.674. The molecule has 0 unspecified atom stereocenters. The van der Waals surface area contributed by atoms with Gasteiger partial charge in [-0.15, -0.1) is 0 Å². The van der Waals surface area contributed by atoms with E-state index in [4.69, 9.17) is 21.1 Å². The summed E-state index contributed by atoms with van der Waals surface area (Å²) in [5.41, 5.74) is 9.85. The van der Waals surface area contributed by atoms with Crippen LogP contribution in [0.15, 0.2) is 55.0 Å². The number of methoxy groups -OCH3 is 2. The third kappa shape index (κ3) is 7.42. The standard InChI is InChI=1S/C28H36N6O5S/c1-17-8-9-18(11-25(17)34(30)16-22(29)19-10-21(38-5)15-31-14-19)27(35)32-23-12-20(28(2,3)4)13-24(26(23)39-6)33-40(7,36)37/h8-16,33H,29-30H2,1-7H3,(H,32,35)/b22-16-. The zero-order chi connectivity index (χ0) is 29.8. The maximum Gasteiger partial charge on any atom is 0.255 e. The lowest BCUT2D eigenvalue weighted by molar-refractivity contribution is 0.102. The minimum Gasteiger partial charge on any atom is -0.495 e. The number of carbonyl (C=O) groups excluding carboxylic acids is 1. The van der Waals surface area contributed by atoms with E-state index >= 15 is 0 Å². The molecule has 0 aliphatic heterocycles. The number of aromatic nitrogens is 1. The van der Waals surface area contributed by atoms with Gasteiger partial charge >= 0.3 is 0 Å². The van der Waals surface area contributed by atoms with Crippen LogP contribution >= 0.6 is 0 Å². The van der Waals surface area contributed by atoms with Gasteiger partial charge in [0.05, 0.1) is 49.4 Å². The van der Waals surface area contributed by atoms with Gasteiger partial charge in [-0.05, 0) is 53.8 Å². The normalized spacial score (nSPS) is 12.1. The summed E-state index contributed by atoms with van der Waals surface area (Å²) in [4.78, 5) is 17.5. The van der Waals surface area contributed by atoms with Crippen LogP contribution in [0.5, 0.6) is 11.5 Å². The van der Waals surface area contributed by atoms with E-state index in [1.54, 1.807) is 48.8 Å². The minimum absolute atomic E-state index is 0.183. The van der Waals surface area contributed by atoms with Crippen LogP contribution in [0.25, 0.3) is 5.70 Å². The van der Waals surface area contributed by atoms with Crippen LogP contribution in [0.3, 0.4) is 0 Å². The van der Waals surface area contributed by atoms with Crippen molar-refractivity contribution < 1.29 is 22.7 Å². The fourth-order valence-corrected chi connectivity index (χ4v) is 4.41. The lowest BCUT2D eigenvalue weighted by Gasteiger charge is -2.24. The Labute approximate surface area is 235 Å². The van der Waals surface area contributed by atoms with Gasteiger partial charge in [-0.3, -0.25) is 19.5 Å². The van der Waals surface area contributed by atoms with Gasteiger partial charge in [0, 0.05) is 23.5 Å². The molecule has 0 radical (unpaired) electrons. The Morgan fingerprint density at radius 3 is 2.30 bits per heavy atom. The summed E-state index contributed by atoms with van der Waals surface area (Å²) in [6, 6.07) is 10.3. The van der Waals surface area contributed by atoms with Crippen molar-refractivity contribution in [2.45, 2.75) is 33.1 Å². The molecule has 0 bridgehead atoms. The van der Waals surface area contributed by atoms with Crippen LogP contribution in [-0.4, -0.2) is 39.8 Å². The van der Waals surface area contributed by atoms with Crippen LogP contribution in [0, 0.1) is 6.92 Å². The van der Waals surface area contributed by atoms with Gasteiger partial charge in [0.15, 0.2) is 5.75 Å². The Kier molecular flexibility index (Phi) is 8.96. The predicted molar refractivity (Wildman–Crippen MR) is 159 cm³/mol. The van der Waals surface area contributed by atoms with Crippen molar-refractivity contribution in [1.29, 1.82) is 0 Å². The molecule has 0 saturated heterocycles. The Morgan fingerprint density at radius 1 is 1.02 bits per heavy atom. The first kappa shape index (κ1) is 30.3. The Morgan fingerprint density at radius 2 is 1.70 bits per heavy atom. The average molecular weight is 569 g/mol. The fourth-order valence-electron chi connectivity index (χ4n) is 3.86. The number of ether oxygens (including phenoxy) is 2. The molecule has 1 aromatic heterocycles. The maximum atomic E-state index is 13.4. The van der Waals surface area contributed by atoms with Crippen molar-refractivity contribution in [3.63, 3.8) is 0 Å². The maximum absolute atomic E-state index is 13.4. The van der Waals surface area contributed by atoms with Crippen LogP contribution in [-0.2, 0) is 15.4 Å². The number of hydrazine groups is 1. The second kappa shape index (κ2) is 11.8. The first-order chi connectivity index (χ1) is 18.6. The number of nitrogens with one attached hydrogen (secondary N) is 2. The number of nitrogens with two attached hydrogens (primary N) is 2. The van der Waals surface area contributed by atoms with E-state index in [-0.39, 0.29) is 16.9 Å². The molecule has 0 spiro atoms. The molecule has 1 amide bonds. The summed E-state index contributed by atoms with van der Waals surface area (Å²) in [5.74, 6) is 6.61. The number of benzene rings is 2. The largest absolute Gasteiger partial charge is 0.495 e. The summed E-state index contributed by atoms with van der Waals surface area (Å²) in [6.45, 7) is 7.79. The van der Waals surface area contributed by atoms with E-state index in [2.05, 4.69) is 15.0 Å². The molecule has 3 aromatic rings. The molecule has 0 aliphatic rings. The van der Waals surface area contributed by atoms with Gasteiger partial charge in [-0.1, -0.05) is 26.8 Å². The van der Waals surface area contributed by atoms with E-state index in [0.717, 1.165) is 17.4 Å². The van der Waals surface area contributed by atoms with Crippen LogP contribution < -0.4 is 36.1 Å². The number of nitrogens with zero attached hydrogens (tertiary/aromatic N) is 2. The van der Waals surface area contributed by atoms with E-state index < -0.39 is 15.9 Å². The van der Waals surface area contributed by atoms with Gasteiger partial charge in [0.1, 0.15) is 5.75 Å². The zero-order valence-corrected chi connectivity index (χ0v) is 24.5. The van der Waals surface area contributed by atoms with E-state index in [1.165, 1.54) is 25.4 Å². The molecular formula is C28H36N6O5S. The van der Waals surface area contributed by atoms with Crippen molar-refractivity contribution in [2.75, 3.05) is 35.5 Å². The second-order valence-electron chi connectivity index (χ2n) is 10.3. The fraction of sp³-hybridized carbons (Fsp3) is 0.286. The predicted octanol–water partition coefficient (Wildman–Crippen LogP) is 3.97. The molecule has 1 heterocycles. The molecule has 0 atom stereocenters. The number of rotatable bonds is 9. The number of anilines is 3. The van der Waals surface area contributed by atoms with Gasteiger partial charge in [-0.2, -0.15) is 0 Å². The first-order valence-electron chi connectivity index (χ1n) is 12.3. The molecule has 11 nitrogen and oxygen atoms in total. The molecule has 0 aliphatic carbocycles. The number of aryl methyl sites for hydroxylation is 1. The van der Waals surface area contributed by atoms with Gasteiger partial charge < -0.3 is 20.5 Å². The third-order valence-corrected chi connectivity index (χ3v) is 6.60. The van der Waals surface area contributed by atoms with Crippen molar-refractivity contribution >= 4 is 38.7 Å². The molecule has 214 valence electrons. The summed E-state index contributed by atoms with van der Waals surface area (Å²) in [6.07, 6.45) is 5.73. The number of sulfonamides is 1. The Hall–Kier alpha value is -4.29. The van der Waals surface area contributed by atoms with Crippen molar-refractivity contribution in [2.24, 2.45) is 11.6 Å². The minimum atomic E-state index is -3.61. The Balaban J connectivity index is 1.98. The first-order valence-corrected chi connectivity index (χ1v) is 14.1. The average Bonchev–Trinajstić information content (AvgIpc) is 2.87. The van der Waals surface area contributed by atoms with Gasteiger partial charge in [-0.25, -0.2) is 14.3 Å². The molecule has 2 aromatic carbocycles. The molecule has 12 heteroatoms. The molecular weight excluding hydrogens is 532 g/mol. The van der Waals surface area contributed by atoms with Crippen molar-refractivity contribution in [3.05, 3.63) is 77.2 Å². The van der Waals surface area contributed by atoms with Gasteiger partial charge in [0.2, 0.25) is 10.0 Å². The van der Waals surface area contributed by atoms with Crippen molar-refractivity contribution in [1.82, 2.24) is 4.98 Å². The molecule has 40 heavy (non-hydrogen) atoms. The molecule has 6 N–H and O–H groups in total. The van der Waals surface area contributed by atoms with Crippen LogP contribution in [0.1, 0.15) is 47.8 Å². The summed E-state index contributed by atoms with van der Waals surface area (Å²) >= 11 is 0. The molecule has 3 rings (SSSR count). The number of hydrogen-bond acceptors (Lipinski definition) is 9. The number of amides is 1. The van der Waals surface area contributed by atoms with E-state index in [1.807, 2.05) is 27.7 Å². The highest BCUT2D eigenvalue weighted by Crippen LogP contribution is 2.39. The zero-order valence-electron chi connectivity index (χ0n) is 23.7. The number of hydrogen-bond donors (Lipinski definition) is 4. The lowest BCUT2D eigenvalue weighted by Crippen LogP contribution is -2.27. The Bertz CT molecular complexity index is 1550. The summed E-state index contributed by atoms with van der Waals surface area (Å²) in [5, 5.41) is 4.19. The highest BCUT2D eigenvalue weighted by Gasteiger charge is 2.23. The third-order valence-electron chi connectivity index (χ3n) is 6.01.